The fourth-order valence-corrected chi connectivity index (χ4v) is 4.30. The van der Waals surface area contributed by atoms with Crippen molar-refractivity contribution in [2.24, 2.45) is 0 Å². The second-order valence-corrected chi connectivity index (χ2v) is 7.01. The van der Waals surface area contributed by atoms with Gasteiger partial charge in [-0.3, -0.25) is 4.98 Å². The van der Waals surface area contributed by atoms with Gasteiger partial charge in [0.25, 0.3) is 0 Å². The number of pyridine rings is 1. The summed E-state index contributed by atoms with van der Waals surface area (Å²) in [6.45, 7) is 1.64. The van der Waals surface area contributed by atoms with E-state index >= 15 is 0 Å². The Kier molecular flexibility index (Phi) is 4.28. The summed E-state index contributed by atoms with van der Waals surface area (Å²) < 4.78 is 5.50. The molecule has 0 radical (unpaired) electrons. The Bertz CT molecular complexity index is 826. The minimum absolute atomic E-state index is 0.485. The van der Waals surface area contributed by atoms with Gasteiger partial charge in [-0.15, -0.1) is 11.3 Å². The lowest BCUT2D eigenvalue weighted by Gasteiger charge is -2.19. The van der Waals surface area contributed by atoms with Crippen molar-refractivity contribution >= 4 is 17.0 Å². The average molecular weight is 337 g/mol. The van der Waals surface area contributed by atoms with Crippen molar-refractivity contribution in [3.63, 3.8) is 0 Å². The molecule has 1 aromatic carbocycles. The van der Waals surface area contributed by atoms with Crippen LogP contribution < -0.4 is 5.73 Å². The van der Waals surface area contributed by atoms with Crippen LogP contribution in [0.5, 0.6) is 0 Å². The Morgan fingerprint density at radius 2 is 1.83 bits per heavy atom. The van der Waals surface area contributed by atoms with E-state index in [0.717, 1.165) is 48.6 Å². The Balaban J connectivity index is 1.82. The molecule has 1 aliphatic rings. The van der Waals surface area contributed by atoms with E-state index in [9.17, 15) is 0 Å². The van der Waals surface area contributed by atoms with Crippen LogP contribution in [0, 0.1) is 0 Å². The van der Waals surface area contributed by atoms with Crippen LogP contribution in [-0.2, 0) is 4.74 Å². The zero-order valence-corrected chi connectivity index (χ0v) is 14.1. The average Bonchev–Trinajstić information content (AvgIpc) is 3.09. The predicted octanol–water partition coefficient (Wildman–Crippen LogP) is 4.35. The van der Waals surface area contributed by atoms with Crippen molar-refractivity contribution < 1.29 is 4.74 Å². The highest BCUT2D eigenvalue weighted by Gasteiger charge is 2.23. The molecule has 0 aliphatic carbocycles. The zero-order valence-electron chi connectivity index (χ0n) is 13.3. The summed E-state index contributed by atoms with van der Waals surface area (Å²) in [5.41, 5.74) is 9.97. The number of benzene rings is 1. The SMILES string of the molecule is Nc1cccc(-c2nc(C3CCOCC3)sc2-c2ccncc2)c1. The number of aromatic nitrogens is 2. The van der Waals surface area contributed by atoms with Crippen molar-refractivity contribution in [3.8, 4) is 21.7 Å². The third-order valence-electron chi connectivity index (χ3n) is 4.32. The van der Waals surface area contributed by atoms with Crippen molar-refractivity contribution in [2.75, 3.05) is 18.9 Å². The van der Waals surface area contributed by atoms with Crippen LogP contribution in [0.4, 0.5) is 5.69 Å². The van der Waals surface area contributed by atoms with Gasteiger partial charge in [-0.05, 0) is 42.7 Å². The molecule has 3 aromatic rings. The largest absolute Gasteiger partial charge is 0.399 e. The molecule has 0 saturated carbocycles. The minimum atomic E-state index is 0.485. The maximum Gasteiger partial charge on any atom is 0.0971 e. The molecule has 0 amide bonds. The third-order valence-corrected chi connectivity index (χ3v) is 5.58. The number of hydrogen-bond donors (Lipinski definition) is 1. The van der Waals surface area contributed by atoms with E-state index in [4.69, 9.17) is 15.5 Å². The molecule has 3 heterocycles. The first-order valence-electron chi connectivity index (χ1n) is 8.16. The number of hydrogen-bond acceptors (Lipinski definition) is 5. The number of nitrogens with zero attached hydrogens (tertiary/aromatic N) is 2. The fraction of sp³-hybridized carbons (Fsp3) is 0.263. The summed E-state index contributed by atoms with van der Waals surface area (Å²) in [6.07, 6.45) is 5.73. The molecule has 122 valence electrons. The lowest BCUT2D eigenvalue weighted by molar-refractivity contribution is 0.0853. The topological polar surface area (TPSA) is 61.0 Å². The van der Waals surface area contributed by atoms with Gasteiger partial charge in [-0.2, -0.15) is 0 Å². The highest BCUT2D eigenvalue weighted by molar-refractivity contribution is 7.15. The van der Waals surface area contributed by atoms with Crippen molar-refractivity contribution in [1.82, 2.24) is 9.97 Å². The van der Waals surface area contributed by atoms with Gasteiger partial charge >= 0.3 is 0 Å². The van der Waals surface area contributed by atoms with Crippen LogP contribution in [0.1, 0.15) is 23.8 Å². The van der Waals surface area contributed by atoms with E-state index in [1.54, 1.807) is 11.3 Å². The maximum absolute atomic E-state index is 5.98. The highest BCUT2D eigenvalue weighted by Crippen LogP contribution is 2.41. The summed E-state index contributed by atoms with van der Waals surface area (Å²) in [5.74, 6) is 0.485. The Labute approximate surface area is 145 Å². The van der Waals surface area contributed by atoms with Gasteiger partial charge in [0.15, 0.2) is 0 Å². The number of nitrogens with two attached hydrogens (primary N) is 1. The monoisotopic (exact) mass is 337 g/mol. The second-order valence-electron chi connectivity index (χ2n) is 5.98. The number of anilines is 1. The second kappa shape index (κ2) is 6.71. The third kappa shape index (κ3) is 3.05. The molecule has 1 saturated heterocycles. The molecule has 4 nitrogen and oxygen atoms in total. The molecule has 1 fully saturated rings. The fourth-order valence-electron chi connectivity index (χ4n) is 3.04. The molecule has 24 heavy (non-hydrogen) atoms. The van der Waals surface area contributed by atoms with E-state index < -0.39 is 0 Å². The number of rotatable bonds is 3. The first-order chi connectivity index (χ1) is 11.8. The van der Waals surface area contributed by atoms with Gasteiger partial charge in [0.1, 0.15) is 0 Å². The molecule has 0 unspecified atom stereocenters. The van der Waals surface area contributed by atoms with Gasteiger partial charge in [-0.1, -0.05) is 12.1 Å². The summed E-state index contributed by atoms with van der Waals surface area (Å²) in [6, 6.07) is 12.0. The van der Waals surface area contributed by atoms with Crippen molar-refractivity contribution in [1.29, 1.82) is 0 Å². The number of nitrogen functional groups attached to an aromatic ring is 1. The molecule has 0 atom stereocenters. The van der Waals surface area contributed by atoms with Crippen LogP contribution in [0.25, 0.3) is 21.7 Å². The lowest BCUT2D eigenvalue weighted by atomic mass is 10.0. The van der Waals surface area contributed by atoms with Gasteiger partial charge in [0, 0.05) is 42.8 Å². The van der Waals surface area contributed by atoms with Crippen LogP contribution in [-0.4, -0.2) is 23.2 Å². The molecule has 2 aromatic heterocycles. The normalized spacial score (nSPS) is 15.5. The summed E-state index contributed by atoms with van der Waals surface area (Å²) in [7, 11) is 0. The van der Waals surface area contributed by atoms with Crippen molar-refractivity contribution in [2.45, 2.75) is 18.8 Å². The molecule has 1 aliphatic heterocycles. The molecular formula is C19H19N3OS. The summed E-state index contributed by atoms with van der Waals surface area (Å²) in [4.78, 5) is 10.3. The molecule has 2 N–H and O–H groups in total. The number of ether oxygens (including phenoxy) is 1. The first kappa shape index (κ1) is 15.3. The zero-order chi connectivity index (χ0) is 16.4. The standard InChI is InChI=1S/C19H19N3OS/c20-16-3-1-2-15(12-16)17-18(13-4-8-21-9-5-13)24-19(22-17)14-6-10-23-11-7-14/h1-5,8-9,12,14H,6-7,10-11,20H2. The molecule has 4 rings (SSSR count). The predicted molar refractivity (Wildman–Crippen MR) is 98.0 cm³/mol. The smallest absolute Gasteiger partial charge is 0.0971 e. The first-order valence-corrected chi connectivity index (χ1v) is 8.97. The lowest BCUT2D eigenvalue weighted by Crippen LogP contribution is -2.13. The van der Waals surface area contributed by atoms with E-state index in [0.29, 0.717) is 5.92 Å². The Hall–Kier alpha value is -2.24. The molecule has 0 spiro atoms. The highest BCUT2D eigenvalue weighted by atomic mass is 32.1. The van der Waals surface area contributed by atoms with Crippen molar-refractivity contribution in [3.05, 3.63) is 53.8 Å². The molecule has 5 heteroatoms. The van der Waals surface area contributed by atoms with Crippen LogP contribution in [0.15, 0.2) is 48.8 Å². The molecule has 0 bridgehead atoms. The number of thiazole rings is 1. The van der Waals surface area contributed by atoms with E-state index in [-0.39, 0.29) is 0 Å². The minimum Gasteiger partial charge on any atom is -0.399 e. The van der Waals surface area contributed by atoms with Crippen LogP contribution in [0.2, 0.25) is 0 Å². The van der Waals surface area contributed by atoms with Gasteiger partial charge < -0.3 is 10.5 Å². The summed E-state index contributed by atoms with van der Waals surface area (Å²) in [5, 5.41) is 1.20. The van der Waals surface area contributed by atoms with Gasteiger partial charge in [0.05, 0.1) is 15.6 Å². The van der Waals surface area contributed by atoms with E-state index in [1.807, 2.05) is 42.7 Å². The maximum atomic E-state index is 5.98. The Morgan fingerprint density at radius 3 is 2.58 bits per heavy atom. The van der Waals surface area contributed by atoms with E-state index in [1.165, 1.54) is 9.88 Å². The summed E-state index contributed by atoms with van der Waals surface area (Å²) >= 11 is 1.78. The van der Waals surface area contributed by atoms with Gasteiger partial charge in [-0.25, -0.2) is 4.98 Å². The quantitative estimate of drug-likeness (QED) is 0.722. The molecular weight excluding hydrogens is 318 g/mol. The van der Waals surface area contributed by atoms with Crippen LogP contribution >= 0.6 is 11.3 Å². The van der Waals surface area contributed by atoms with Crippen LogP contribution in [0.3, 0.4) is 0 Å². The van der Waals surface area contributed by atoms with Gasteiger partial charge in [0.2, 0.25) is 0 Å². The Morgan fingerprint density at radius 1 is 1.04 bits per heavy atom. The van der Waals surface area contributed by atoms with E-state index in [2.05, 4.69) is 11.1 Å².